The van der Waals surface area contributed by atoms with Crippen LogP contribution in [0.5, 0.6) is 0 Å². The van der Waals surface area contributed by atoms with E-state index in [1.165, 1.54) is 17.7 Å². The molecule has 0 atom stereocenters. The fourth-order valence-corrected chi connectivity index (χ4v) is 3.16. The molecule has 1 fully saturated rings. The van der Waals surface area contributed by atoms with E-state index in [2.05, 4.69) is 10.3 Å². The largest absolute Gasteiger partial charge is 0.330 e. The molecular formula is C11H18Cl2N2S. The third-order valence-electron chi connectivity index (χ3n) is 3.10. The van der Waals surface area contributed by atoms with Crippen molar-refractivity contribution in [1.82, 2.24) is 4.90 Å². The summed E-state index contributed by atoms with van der Waals surface area (Å²) in [6.07, 6.45) is 2.47. The van der Waals surface area contributed by atoms with Crippen LogP contribution in [0.2, 0.25) is 5.02 Å². The summed E-state index contributed by atoms with van der Waals surface area (Å²) in [7, 11) is 0. The molecule has 2 heterocycles. The smallest absolute Gasteiger partial charge is 0.0558 e. The van der Waals surface area contributed by atoms with E-state index in [9.17, 15) is 0 Å². The number of rotatable bonds is 3. The Kier molecular flexibility index (Phi) is 6.08. The molecule has 1 saturated heterocycles. The van der Waals surface area contributed by atoms with Gasteiger partial charge in [-0.25, -0.2) is 0 Å². The van der Waals surface area contributed by atoms with Crippen molar-refractivity contribution in [3.8, 4) is 0 Å². The molecule has 1 aliphatic heterocycles. The highest BCUT2D eigenvalue weighted by atomic mass is 35.5. The molecule has 1 aromatic heterocycles. The molecule has 0 aliphatic carbocycles. The van der Waals surface area contributed by atoms with Gasteiger partial charge in [-0.15, -0.1) is 23.7 Å². The minimum absolute atomic E-state index is 0. The van der Waals surface area contributed by atoms with Gasteiger partial charge in [0.2, 0.25) is 0 Å². The Morgan fingerprint density at radius 2 is 2.12 bits per heavy atom. The molecule has 0 radical (unpaired) electrons. The van der Waals surface area contributed by atoms with Crippen LogP contribution >= 0.6 is 35.3 Å². The maximum atomic E-state index is 6.08. The van der Waals surface area contributed by atoms with Crippen LogP contribution in [0.4, 0.5) is 0 Å². The molecule has 0 amide bonds. The molecular weight excluding hydrogens is 263 g/mol. The SMILES string of the molecule is Cl.NCC1CCN(Cc2sccc2Cl)CC1. The van der Waals surface area contributed by atoms with Gasteiger partial charge in [0.1, 0.15) is 0 Å². The third-order valence-corrected chi connectivity index (χ3v) is 4.47. The van der Waals surface area contributed by atoms with Gasteiger partial charge in [-0.3, -0.25) is 4.90 Å². The Balaban J connectivity index is 0.00000128. The van der Waals surface area contributed by atoms with E-state index in [1.807, 2.05) is 6.07 Å². The lowest BCUT2D eigenvalue weighted by Gasteiger charge is -2.30. The van der Waals surface area contributed by atoms with Crippen molar-refractivity contribution >= 4 is 35.3 Å². The van der Waals surface area contributed by atoms with Crippen LogP contribution < -0.4 is 5.73 Å². The van der Waals surface area contributed by atoms with Crippen molar-refractivity contribution in [2.24, 2.45) is 11.7 Å². The maximum Gasteiger partial charge on any atom is 0.0558 e. The molecule has 1 aliphatic rings. The summed E-state index contributed by atoms with van der Waals surface area (Å²) in [4.78, 5) is 3.77. The van der Waals surface area contributed by atoms with Crippen molar-refractivity contribution in [2.45, 2.75) is 19.4 Å². The number of hydrogen-bond acceptors (Lipinski definition) is 3. The van der Waals surface area contributed by atoms with Crippen LogP contribution in [0.25, 0.3) is 0 Å². The van der Waals surface area contributed by atoms with Gasteiger partial charge in [0.15, 0.2) is 0 Å². The summed E-state index contributed by atoms with van der Waals surface area (Å²) in [5.74, 6) is 0.736. The molecule has 0 unspecified atom stereocenters. The molecule has 92 valence electrons. The highest BCUT2D eigenvalue weighted by Gasteiger charge is 2.18. The van der Waals surface area contributed by atoms with Gasteiger partial charge in [0, 0.05) is 11.4 Å². The van der Waals surface area contributed by atoms with Gasteiger partial charge >= 0.3 is 0 Å². The molecule has 0 aromatic carbocycles. The number of piperidine rings is 1. The predicted octanol–water partition coefficient (Wildman–Crippen LogP) is 2.99. The zero-order valence-electron chi connectivity index (χ0n) is 9.19. The molecule has 0 spiro atoms. The number of nitrogens with zero attached hydrogens (tertiary/aromatic N) is 1. The Morgan fingerprint density at radius 3 is 2.62 bits per heavy atom. The topological polar surface area (TPSA) is 29.3 Å². The van der Waals surface area contributed by atoms with Crippen LogP contribution in [-0.2, 0) is 6.54 Å². The quantitative estimate of drug-likeness (QED) is 0.923. The lowest BCUT2D eigenvalue weighted by Crippen LogP contribution is -2.35. The summed E-state index contributed by atoms with van der Waals surface area (Å²) in [6, 6.07) is 1.98. The number of halogens is 2. The van der Waals surface area contributed by atoms with Crippen LogP contribution in [0.1, 0.15) is 17.7 Å². The van der Waals surface area contributed by atoms with Gasteiger partial charge in [-0.1, -0.05) is 11.6 Å². The van der Waals surface area contributed by atoms with E-state index < -0.39 is 0 Å². The summed E-state index contributed by atoms with van der Waals surface area (Å²) in [5.41, 5.74) is 5.67. The van der Waals surface area contributed by atoms with E-state index >= 15 is 0 Å². The fraction of sp³-hybridized carbons (Fsp3) is 0.636. The number of thiophene rings is 1. The van der Waals surface area contributed by atoms with Gasteiger partial charge < -0.3 is 5.73 Å². The molecule has 2 nitrogen and oxygen atoms in total. The molecule has 2 rings (SSSR count). The lowest BCUT2D eigenvalue weighted by atomic mass is 9.97. The maximum absolute atomic E-state index is 6.08. The first kappa shape index (κ1) is 14.3. The Hall–Kier alpha value is 0.200. The van der Waals surface area contributed by atoms with E-state index in [0.29, 0.717) is 0 Å². The standard InChI is InChI=1S/C11H17ClN2S.ClH/c12-10-3-6-15-11(10)8-14-4-1-9(7-13)2-5-14;/h3,6,9H,1-2,4-5,7-8,13H2;1H. The van der Waals surface area contributed by atoms with Gasteiger partial charge in [-0.2, -0.15) is 0 Å². The van der Waals surface area contributed by atoms with Crippen LogP contribution in [-0.4, -0.2) is 24.5 Å². The second kappa shape index (κ2) is 6.82. The third kappa shape index (κ3) is 3.60. The van der Waals surface area contributed by atoms with Crippen LogP contribution in [0, 0.1) is 5.92 Å². The summed E-state index contributed by atoms with van der Waals surface area (Å²) in [5, 5.41) is 2.98. The predicted molar refractivity (Wildman–Crippen MR) is 73.6 cm³/mol. The molecule has 1 aromatic rings. The lowest BCUT2D eigenvalue weighted by molar-refractivity contribution is 0.182. The van der Waals surface area contributed by atoms with Crippen molar-refractivity contribution in [1.29, 1.82) is 0 Å². The first-order valence-electron chi connectivity index (χ1n) is 5.44. The normalized spacial score (nSPS) is 18.4. The van der Waals surface area contributed by atoms with Gasteiger partial charge in [0.05, 0.1) is 5.02 Å². The van der Waals surface area contributed by atoms with E-state index in [4.69, 9.17) is 17.3 Å². The van der Waals surface area contributed by atoms with Crippen molar-refractivity contribution < 1.29 is 0 Å². The van der Waals surface area contributed by atoms with Crippen molar-refractivity contribution in [3.05, 3.63) is 21.3 Å². The highest BCUT2D eigenvalue weighted by molar-refractivity contribution is 7.10. The minimum atomic E-state index is 0. The highest BCUT2D eigenvalue weighted by Crippen LogP contribution is 2.25. The number of nitrogens with two attached hydrogens (primary N) is 1. The zero-order chi connectivity index (χ0) is 10.7. The second-order valence-corrected chi connectivity index (χ2v) is 5.55. The van der Waals surface area contributed by atoms with E-state index in [1.54, 1.807) is 11.3 Å². The fourth-order valence-electron chi connectivity index (χ4n) is 2.02. The molecule has 16 heavy (non-hydrogen) atoms. The number of hydrogen-bond donors (Lipinski definition) is 1. The summed E-state index contributed by atoms with van der Waals surface area (Å²) in [6.45, 7) is 4.17. The first-order chi connectivity index (χ1) is 7.29. The average Bonchev–Trinajstić information content (AvgIpc) is 2.66. The first-order valence-corrected chi connectivity index (χ1v) is 6.69. The zero-order valence-corrected chi connectivity index (χ0v) is 11.6. The van der Waals surface area contributed by atoms with Gasteiger partial charge in [-0.05, 0) is 49.8 Å². The van der Waals surface area contributed by atoms with Crippen LogP contribution in [0.15, 0.2) is 11.4 Å². The Bertz CT molecular complexity index is 309. The molecule has 5 heteroatoms. The molecule has 2 N–H and O–H groups in total. The van der Waals surface area contributed by atoms with E-state index in [-0.39, 0.29) is 12.4 Å². The Morgan fingerprint density at radius 1 is 1.44 bits per heavy atom. The average molecular weight is 281 g/mol. The summed E-state index contributed by atoms with van der Waals surface area (Å²) < 4.78 is 0. The number of likely N-dealkylation sites (tertiary alicyclic amines) is 1. The molecule has 0 saturated carbocycles. The summed E-state index contributed by atoms with van der Waals surface area (Å²) >= 11 is 7.83. The Labute approximate surface area is 112 Å². The molecule has 0 bridgehead atoms. The monoisotopic (exact) mass is 280 g/mol. The minimum Gasteiger partial charge on any atom is -0.330 e. The van der Waals surface area contributed by atoms with Crippen molar-refractivity contribution in [2.75, 3.05) is 19.6 Å². The van der Waals surface area contributed by atoms with Crippen molar-refractivity contribution in [3.63, 3.8) is 0 Å². The second-order valence-electron chi connectivity index (χ2n) is 4.15. The van der Waals surface area contributed by atoms with Crippen LogP contribution in [0.3, 0.4) is 0 Å². The van der Waals surface area contributed by atoms with Gasteiger partial charge in [0.25, 0.3) is 0 Å². The van der Waals surface area contributed by atoms with E-state index in [0.717, 1.165) is 37.1 Å².